The van der Waals surface area contributed by atoms with Crippen LogP contribution >= 0.6 is 0 Å². The van der Waals surface area contributed by atoms with Crippen molar-refractivity contribution in [1.82, 2.24) is 10.4 Å². The van der Waals surface area contributed by atoms with E-state index in [0.717, 1.165) is 12.8 Å². The normalized spacial score (nSPS) is 22.0. The summed E-state index contributed by atoms with van der Waals surface area (Å²) in [5, 5.41) is 1.54. The Bertz CT molecular complexity index is 254. The van der Waals surface area contributed by atoms with Gasteiger partial charge in [-0.1, -0.05) is 19.3 Å². The van der Waals surface area contributed by atoms with Crippen LogP contribution in [-0.2, 0) is 14.4 Å². The maximum absolute atomic E-state index is 11.3. The molecule has 1 aliphatic heterocycles. The second kappa shape index (κ2) is 5.48. The summed E-state index contributed by atoms with van der Waals surface area (Å²) in [7, 11) is 0. The molecule has 1 saturated carbocycles. The van der Waals surface area contributed by atoms with E-state index >= 15 is 0 Å². The molecule has 0 unspecified atom stereocenters. The molecule has 0 spiro atoms. The van der Waals surface area contributed by atoms with Gasteiger partial charge in [0.15, 0.2) is 0 Å². The van der Waals surface area contributed by atoms with Crippen molar-refractivity contribution in [2.24, 2.45) is 0 Å². The highest BCUT2D eigenvalue weighted by atomic mass is 16.2. The van der Waals surface area contributed by atoms with Crippen LogP contribution in [-0.4, -0.2) is 29.7 Å². The zero-order valence-corrected chi connectivity index (χ0v) is 8.70. The third kappa shape index (κ3) is 2.78. The Labute approximate surface area is 90.3 Å². The van der Waals surface area contributed by atoms with E-state index in [1.165, 1.54) is 19.3 Å². The van der Waals surface area contributed by atoms with E-state index in [4.69, 9.17) is 4.79 Å². The zero-order valence-electron chi connectivity index (χ0n) is 8.70. The van der Waals surface area contributed by atoms with Crippen molar-refractivity contribution in [1.29, 1.82) is 0 Å². The quantitative estimate of drug-likeness (QED) is 0.651. The van der Waals surface area contributed by atoms with Crippen molar-refractivity contribution < 1.29 is 15.8 Å². The van der Waals surface area contributed by atoms with Gasteiger partial charge in [-0.05, 0) is 12.8 Å². The molecular formula is C10H18N2O3. The molecule has 5 nitrogen and oxygen atoms in total. The fourth-order valence-electron chi connectivity index (χ4n) is 2.09. The molecular weight excluding hydrogens is 196 g/mol. The number of hydrogen-bond donors (Lipinski definition) is 1. The molecule has 0 aromatic carbocycles. The second-order valence-corrected chi connectivity index (χ2v) is 3.77. The number of nitrogens with zero attached hydrogens (tertiary/aromatic N) is 1. The van der Waals surface area contributed by atoms with E-state index in [1.807, 2.05) is 6.79 Å². The van der Waals surface area contributed by atoms with E-state index in [-0.39, 0.29) is 25.7 Å². The van der Waals surface area contributed by atoms with Crippen LogP contribution in [0.2, 0.25) is 0 Å². The van der Waals surface area contributed by atoms with Crippen molar-refractivity contribution in [2.45, 2.75) is 44.6 Å². The fourth-order valence-corrected chi connectivity index (χ4v) is 2.09. The topological polar surface area (TPSA) is 66.5 Å². The highest BCUT2D eigenvalue weighted by Crippen LogP contribution is 2.23. The van der Waals surface area contributed by atoms with Gasteiger partial charge in [-0.15, -0.1) is 0 Å². The molecule has 2 aliphatic rings. The van der Waals surface area contributed by atoms with Crippen molar-refractivity contribution in [3.05, 3.63) is 0 Å². The van der Waals surface area contributed by atoms with Crippen LogP contribution in [0.5, 0.6) is 0 Å². The predicted octanol–water partition coefficient (Wildman–Crippen LogP) is 0.644. The van der Waals surface area contributed by atoms with Crippen LogP contribution in [0.15, 0.2) is 0 Å². The van der Waals surface area contributed by atoms with Crippen LogP contribution < -0.4 is 5.43 Å². The zero-order chi connectivity index (χ0) is 11.3. The van der Waals surface area contributed by atoms with Gasteiger partial charge in [0.05, 0.1) is 6.04 Å². The molecule has 0 radical (unpaired) electrons. The first-order valence-electron chi connectivity index (χ1n) is 5.18. The van der Waals surface area contributed by atoms with E-state index in [2.05, 4.69) is 5.43 Å². The van der Waals surface area contributed by atoms with Gasteiger partial charge in [-0.25, -0.2) is 0 Å². The minimum Gasteiger partial charge on any atom is -0.307 e. The Morgan fingerprint density at radius 1 is 1.20 bits per heavy atom. The largest absolute Gasteiger partial charge is 0.307 e. The van der Waals surface area contributed by atoms with Gasteiger partial charge < -0.3 is 4.79 Å². The predicted molar refractivity (Wildman–Crippen MR) is 55.7 cm³/mol. The minimum absolute atomic E-state index is 0. The average Bonchev–Trinajstić information content (AvgIpc) is 2.62. The number of amides is 2. The summed E-state index contributed by atoms with van der Waals surface area (Å²) in [4.78, 5) is 30.3. The second-order valence-electron chi connectivity index (χ2n) is 3.77. The van der Waals surface area contributed by atoms with Crippen LogP contribution in [0.25, 0.3) is 0 Å². The van der Waals surface area contributed by atoms with Gasteiger partial charge in [-0.2, -0.15) is 0 Å². The molecule has 1 aliphatic carbocycles. The Morgan fingerprint density at radius 3 is 2.27 bits per heavy atom. The van der Waals surface area contributed by atoms with Gasteiger partial charge in [0.25, 0.3) is 5.91 Å². The highest BCUT2D eigenvalue weighted by Gasteiger charge is 2.33. The summed E-state index contributed by atoms with van der Waals surface area (Å²) in [5.74, 6) is -0.215. The van der Waals surface area contributed by atoms with E-state index in [9.17, 15) is 9.59 Å². The number of carbonyl (C=O) groups is 3. The summed E-state index contributed by atoms with van der Waals surface area (Å²) in [6, 6.07) is 0.257. The lowest BCUT2D eigenvalue weighted by atomic mass is 9.95. The molecule has 1 heterocycles. The number of hydrazine groups is 1. The van der Waals surface area contributed by atoms with Crippen LogP contribution in [0.4, 0.5) is 0 Å². The molecule has 2 rings (SSSR count). The summed E-state index contributed by atoms with van der Waals surface area (Å²) in [6.07, 6.45) is 5.70. The first-order chi connectivity index (χ1) is 7.27. The van der Waals surface area contributed by atoms with Gasteiger partial charge in [0.1, 0.15) is 13.2 Å². The van der Waals surface area contributed by atoms with Crippen molar-refractivity contribution in [2.75, 3.05) is 0 Å². The third-order valence-corrected chi connectivity index (χ3v) is 2.77. The smallest absolute Gasteiger partial charge is 0.250 e. The monoisotopic (exact) mass is 214 g/mol. The Balaban J connectivity index is 0.000000711. The Kier molecular flexibility index (Phi) is 4.27. The van der Waals surface area contributed by atoms with E-state index in [0.29, 0.717) is 0 Å². The molecule has 2 amide bonds. The van der Waals surface area contributed by atoms with E-state index < -0.39 is 0 Å². The Hall–Kier alpha value is -1.39. The molecule has 1 N–H and O–H groups in total. The number of hydrogen-bond acceptors (Lipinski definition) is 3. The van der Waals surface area contributed by atoms with Gasteiger partial charge >= 0.3 is 0 Å². The molecule has 5 heteroatoms. The van der Waals surface area contributed by atoms with Crippen LogP contribution in [0.3, 0.4) is 0 Å². The van der Waals surface area contributed by atoms with Crippen LogP contribution in [0, 0.1) is 0 Å². The van der Waals surface area contributed by atoms with Crippen molar-refractivity contribution >= 4 is 18.6 Å². The average molecular weight is 214 g/mol. The summed E-state index contributed by atoms with van der Waals surface area (Å²) < 4.78 is 0. The number of carbonyl (C=O) groups excluding carboxylic acids is 3. The summed E-state index contributed by atoms with van der Waals surface area (Å²) in [6.45, 7) is 2.00. The molecule has 0 aromatic rings. The third-order valence-electron chi connectivity index (χ3n) is 2.77. The lowest BCUT2D eigenvalue weighted by Crippen LogP contribution is -2.45. The minimum atomic E-state index is -0.157. The molecule has 2 fully saturated rings. The maximum Gasteiger partial charge on any atom is 0.250 e. The molecule has 0 atom stereocenters. The highest BCUT2D eigenvalue weighted by molar-refractivity contribution is 6.02. The van der Waals surface area contributed by atoms with Gasteiger partial charge in [0, 0.05) is 1.43 Å². The molecule has 0 aromatic heterocycles. The molecule has 1 saturated heterocycles. The van der Waals surface area contributed by atoms with E-state index in [1.54, 1.807) is 5.01 Å². The molecule has 86 valence electrons. The lowest BCUT2D eigenvalue weighted by molar-refractivity contribution is -0.133. The number of rotatable bonds is 1. The van der Waals surface area contributed by atoms with Crippen molar-refractivity contribution in [3.8, 4) is 0 Å². The SMILES string of the molecule is C=O.O=C1CC(=O)N(C2CCCCC2)N1.[HH]. The number of nitrogens with one attached hydrogen (secondary N) is 1. The Morgan fingerprint density at radius 2 is 1.80 bits per heavy atom. The van der Waals surface area contributed by atoms with Crippen LogP contribution in [0.1, 0.15) is 40.0 Å². The standard InChI is InChI=1S/C9H14N2O2.CH2O.H2/c12-8-6-9(13)11(10-8)7-4-2-1-3-5-7;1-2;/h7H,1-6H2,(H,10,12);1H2;1H. The first kappa shape index (κ1) is 11.7. The molecule has 15 heavy (non-hydrogen) atoms. The van der Waals surface area contributed by atoms with Crippen molar-refractivity contribution in [3.63, 3.8) is 0 Å². The fraction of sp³-hybridized carbons (Fsp3) is 0.700. The summed E-state index contributed by atoms with van der Waals surface area (Å²) in [5.41, 5.74) is 2.62. The lowest BCUT2D eigenvalue weighted by Gasteiger charge is -2.29. The molecule has 0 bridgehead atoms. The summed E-state index contributed by atoms with van der Waals surface area (Å²) >= 11 is 0. The first-order valence-corrected chi connectivity index (χ1v) is 5.18. The maximum atomic E-state index is 11.3. The van der Waals surface area contributed by atoms with Gasteiger partial charge in [0.2, 0.25) is 5.91 Å². The van der Waals surface area contributed by atoms with Gasteiger partial charge in [-0.3, -0.25) is 20.0 Å².